The van der Waals surface area contributed by atoms with E-state index in [-0.39, 0.29) is 29.5 Å². The van der Waals surface area contributed by atoms with Crippen molar-refractivity contribution in [3.63, 3.8) is 0 Å². The second-order valence-electron chi connectivity index (χ2n) is 4.30. The molecule has 0 saturated carbocycles. The SMILES string of the molecule is CCC1C(=O)NC(=O)CN1C(=O)C1CCCS1. The summed E-state index contributed by atoms with van der Waals surface area (Å²) in [4.78, 5) is 36.6. The standard InChI is InChI=1S/C11H16N2O3S/c1-2-7-10(15)12-9(14)6-13(7)11(16)8-4-3-5-17-8/h7-8H,2-6H2,1H3,(H,12,14,15). The molecule has 0 spiro atoms. The number of hydrogen-bond donors (Lipinski definition) is 1. The van der Waals surface area contributed by atoms with Gasteiger partial charge in [-0.15, -0.1) is 11.8 Å². The van der Waals surface area contributed by atoms with Gasteiger partial charge in [0.15, 0.2) is 0 Å². The van der Waals surface area contributed by atoms with Crippen molar-refractivity contribution in [2.24, 2.45) is 0 Å². The van der Waals surface area contributed by atoms with Gasteiger partial charge < -0.3 is 4.90 Å². The first-order valence-electron chi connectivity index (χ1n) is 5.89. The maximum Gasteiger partial charge on any atom is 0.249 e. The van der Waals surface area contributed by atoms with Gasteiger partial charge in [-0.25, -0.2) is 0 Å². The molecule has 2 aliphatic heterocycles. The third-order valence-electron chi connectivity index (χ3n) is 3.13. The molecule has 2 aliphatic rings. The molecule has 2 heterocycles. The molecule has 0 bridgehead atoms. The van der Waals surface area contributed by atoms with Crippen LogP contribution in [-0.4, -0.2) is 46.2 Å². The second-order valence-corrected chi connectivity index (χ2v) is 5.61. The Kier molecular flexibility index (Phi) is 3.71. The number of carbonyl (C=O) groups is 3. The third kappa shape index (κ3) is 2.46. The van der Waals surface area contributed by atoms with Crippen molar-refractivity contribution in [1.29, 1.82) is 0 Å². The van der Waals surface area contributed by atoms with E-state index in [0.717, 1.165) is 18.6 Å². The predicted octanol–water partition coefficient (Wildman–Crippen LogP) is 0.146. The lowest BCUT2D eigenvalue weighted by molar-refractivity contribution is -0.149. The molecule has 2 unspecified atom stereocenters. The Bertz CT molecular complexity index is 353. The summed E-state index contributed by atoms with van der Waals surface area (Å²) in [5, 5.41) is 2.21. The number of piperazine rings is 1. The molecule has 2 saturated heterocycles. The van der Waals surface area contributed by atoms with E-state index in [0.29, 0.717) is 6.42 Å². The van der Waals surface area contributed by atoms with Gasteiger partial charge in [0, 0.05) is 0 Å². The molecule has 0 aromatic rings. The third-order valence-corrected chi connectivity index (χ3v) is 4.49. The predicted molar refractivity (Wildman–Crippen MR) is 64.4 cm³/mol. The molecule has 6 heteroatoms. The first-order valence-corrected chi connectivity index (χ1v) is 6.94. The lowest BCUT2D eigenvalue weighted by atomic mass is 10.1. The van der Waals surface area contributed by atoms with Crippen molar-refractivity contribution in [3.8, 4) is 0 Å². The fraction of sp³-hybridized carbons (Fsp3) is 0.727. The summed E-state index contributed by atoms with van der Waals surface area (Å²) < 4.78 is 0. The highest BCUT2D eigenvalue weighted by Crippen LogP contribution is 2.28. The minimum Gasteiger partial charge on any atom is -0.320 e. The van der Waals surface area contributed by atoms with Crippen LogP contribution in [0.25, 0.3) is 0 Å². The number of carbonyl (C=O) groups excluding carboxylic acids is 3. The summed E-state index contributed by atoms with van der Waals surface area (Å²) in [6.07, 6.45) is 2.43. The summed E-state index contributed by atoms with van der Waals surface area (Å²) in [5.41, 5.74) is 0. The van der Waals surface area contributed by atoms with Gasteiger partial charge in [-0.1, -0.05) is 6.92 Å². The van der Waals surface area contributed by atoms with E-state index in [2.05, 4.69) is 5.32 Å². The Hall–Kier alpha value is -1.04. The van der Waals surface area contributed by atoms with Crippen LogP contribution >= 0.6 is 11.8 Å². The fourth-order valence-corrected chi connectivity index (χ4v) is 3.49. The lowest BCUT2D eigenvalue weighted by Crippen LogP contribution is -2.60. The van der Waals surface area contributed by atoms with Crippen LogP contribution in [0.4, 0.5) is 0 Å². The number of amides is 3. The van der Waals surface area contributed by atoms with Gasteiger partial charge in [-0.2, -0.15) is 0 Å². The van der Waals surface area contributed by atoms with E-state index in [1.807, 2.05) is 6.92 Å². The molecule has 5 nitrogen and oxygen atoms in total. The van der Waals surface area contributed by atoms with Gasteiger partial charge in [-0.05, 0) is 25.0 Å². The van der Waals surface area contributed by atoms with Crippen LogP contribution in [0, 0.1) is 0 Å². The zero-order valence-electron chi connectivity index (χ0n) is 9.77. The monoisotopic (exact) mass is 256 g/mol. The van der Waals surface area contributed by atoms with E-state index < -0.39 is 6.04 Å². The molecule has 17 heavy (non-hydrogen) atoms. The van der Waals surface area contributed by atoms with Gasteiger partial charge in [0.1, 0.15) is 12.6 Å². The molecule has 2 rings (SSSR count). The Balaban J connectivity index is 2.12. The quantitative estimate of drug-likeness (QED) is 0.714. The highest BCUT2D eigenvalue weighted by molar-refractivity contribution is 8.00. The summed E-state index contributed by atoms with van der Waals surface area (Å²) in [6.45, 7) is 1.86. The number of thioether (sulfide) groups is 1. The molecule has 2 atom stereocenters. The van der Waals surface area contributed by atoms with Crippen molar-refractivity contribution in [1.82, 2.24) is 10.2 Å². The smallest absolute Gasteiger partial charge is 0.249 e. The van der Waals surface area contributed by atoms with Gasteiger partial charge in [0.2, 0.25) is 17.7 Å². The van der Waals surface area contributed by atoms with Gasteiger partial charge in [-0.3, -0.25) is 19.7 Å². The van der Waals surface area contributed by atoms with Crippen LogP contribution in [0.3, 0.4) is 0 Å². The molecule has 1 N–H and O–H groups in total. The first kappa shape index (κ1) is 12.4. The number of rotatable bonds is 2. The Morgan fingerprint density at radius 3 is 2.88 bits per heavy atom. The Labute approximate surface area is 104 Å². The number of nitrogens with zero attached hydrogens (tertiary/aromatic N) is 1. The highest BCUT2D eigenvalue weighted by atomic mass is 32.2. The van der Waals surface area contributed by atoms with E-state index >= 15 is 0 Å². The summed E-state index contributed by atoms with van der Waals surface area (Å²) in [6, 6.07) is -0.485. The molecular formula is C11H16N2O3S. The van der Waals surface area contributed by atoms with Gasteiger partial charge in [0.25, 0.3) is 0 Å². The number of nitrogens with one attached hydrogen (secondary N) is 1. The Morgan fingerprint density at radius 1 is 1.53 bits per heavy atom. The van der Waals surface area contributed by atoms with Crippen molar-refractivity contribution >= 4 is 29.5 Å². The van der Waals surface area contributed by atoms with Crippen LogP contribution in [0.2, 0.25) is 0 Å². The molecule has 94 valence electrons. The van der Waals surface area contributed by atoms with Crippen LogP contribution in [0.5, 0.6) is 0 Å². The molecule has 0 aromatic heterocycles. The van der Waals surface area contributed by atoms with Crippen LogP contribution in [-0.2, 0) is 14.4 Å². The minimum atomic E-state index is -0.485. The summed E-state index contributed by atoms with van der Waals surface area (Å²) >= 11 is 1.62. The lowest BCUT2D eigenvalue weighted by Gasteiger charge is -2.34. The number of imide groups is 1. The summed E-state index contributed by atoms with van der Waals surface area (Å²) in [7, 11) is 0. The molecule has 0 aliphatic carbocycles. The zero-order valence-corrected chi connectivity index (χ0v) is 10.6. The van der Waals surface area contributed by atoms with E-state index in [1.165, 1.54) is 4.90 Å². The van der Waals surface area contributed by atoms with Crippen LogP contribution < -0.4 is 5.32 Å². The van der Waals surface area contributed by atoms with Crippen LogP contribution in [0.15, 0.2) is 0 Å². The molecule has 0 radical (unpaired) electrons. The van der Waals surface area contributed by atoms with E-state index in [1.54, 1.807) is 11.8 Å². The topological polar surface area (TPSA) is 66.5 Å². The van der Waals surface area contributed by atoms with E-state index in [9.17, 15) is 14.4 Å². The second kappa shape index (κ2) is 5.08. The average molecular weight is 256 g/mol. The average Bonchev–Trinajstić information content (AvgIpc) is 2.80. The molecule has 3 amide bonds. The van der Waals surface area contributed by atoms with Crippen molar-refractivity contribution in [2.75, 3.05) is 12.3 Å². The fourth-order valence-electron chi connectivity index (χ4n) is 2.26. The first-order chi connectivity index (χ1) is 8.13. The van der Waals surface area contributed by atoms with Crippen LogP contribution in [0.1, 0.15) is 26.2 Å². The Morgan fingerprint density at radius 2 is 2.29 bits per heavy atom. The van der Waals surface area contributed by atoms with Crippen molar-refractivity contribution in [2.45, 2.75) is 37.5 Å². The largest absolute Gasteiger partial charge is 0.320 e. The maximum absolute atomic E-state index is 12.2. The highest BCUT2D eigenvalue weighted by Gasteiger charge is 2.38. The molecular weight excluding hydrogens is 240 g/mol. The van der Waals surface area contributed by atoms with Gasteiger partial charge >= 0.3 is 0 Å². The normalized spacial score (nSPS) is 29.4. The van der Waals surface area contributed by atoms with Gasteiger partial charge in [0.05, 0.1) is 5.25 Å². The zero-order chi connectivity index (χ0) is 12.4. The maximum atomic E-state index is 12.2. The van der Waals surface area contributed by atoms with Crippen molar-refractivity contribution in [3.05, 3.63) is 0 Å². The molecule has 0 aromatic carbocycles. The number of hydrogen-bond acceptors (Lipinski definition) is 4. The van der Waals surface area contributed by atoms with Crippen molar-refractivity contribution < 1.29 is 14.4 Å². The summed E-state index contributed by atoms with van der Waals surface area (Å²) in [5.74, 6) is 0.208. The minimum absolute atomic E-state index is 0.0140. The van der Waals surface area contributed by atoms with E-state index in [4.69, 9.17) is 0 Å². The molecule has 2 fully saturated rings.